The Hall–Kier alpha value is -1.03. The van der Waals surface area contributed by atoms with Crippen LogP contribution in [-0.2, 0) is 12.1 Å². The van der Waals surface area contributed by atoms with Crippen LogP contribution < -0.4 is 4.74 Å². The van der Waals surface area contributed by atoms with E-state index in [1.54, 1.807) is 13.3 Å². The van der Waals surface area contributed by atoms with Crippen molar-refractivity contribution in [3.63, 3.8) is 0 Å². The molecule has 0 aromatic carbocycles. The first kappa shape index (κ1) is 13.6. The molecule has 0 aliphatic heterocycles. The first-order valence-corrected chi connectivity index (χ1v) is 8.49. The van der Waals surface area contributed by atoms with E-state index in [9.17, 15) is 5.11 Å². The zero-order valence-electron chi connectivity index (χ0n) is 13.1. The average molecular weight is 290 g/mol. The summed E-state index contributed by atoms with van der Waals surface area (Å²) in [5, 5.41) is 16.2. The molecule has 0 saturated heterocycles. The number of methoxy groups -OCH3 is 1. The lowest BCUT2D eigenvalue weighted by Crippen LogP contribution is -2.56. The van der Waals surface area contributed by atoms with Crippen molar-refractivity contribution in [2.24, 2.45) is 23.7 Å². The molecule has 0 atom stereocenters. The lowest BCUT2D eigenvalue weighted by molar-refractivity contribution is -0.184. The Morgan fingerprint density at radius 2 is 1.86 bits per heavy atom. The molecule has 4 aliphatic carbocycles. The van der Waals surface area contributed by atoms with Crippen LogP contribution in [0.5, 0.6) is 5.75 Å². The normalized spacial score (nSPS) is 40.7. The largest absolute Gasteiger partial charge is 0.493 e. The molecule has 1 N–H and O–H groups in total. The summed E-state index contributed by atoms with van der Waals surface area (Å²) < 4.78 is 7.55. The number of hydrogen-bond donors (Lipinski definition) is 1. The first-order chi connectivity index (χ1) is 10.2. The summed E-state index contributed by atoms with van der Waals surface area (Å²) in [5.41, 5.74) is 0.241. The number of aliphatic hydroxyl groups is 1. The van der Waals surface area contributed by atoms with Crippen LogP contribution in [0.15, 0.2) is 6.20 Å². The van der Waals surface area contributed by atoms with E-state index < -0.39 is 5.60 Å². The van der Waals surface area contributed by atoms with E-state index in [1.807, 2.05) is 4.68 Å². The van der Waals surface area contributed by atoms with Gasteiger partial charge in [0.1, 0.15) is 11.3 Å². The molecule has 1 aromatic rings. The number of rotatable bonds is 4. The maximum atomic E-state index is 11.7. The first-order valence-electron chi connectivity index (χ1n) is 8.49. The van der Waals surface area contributed by atoms with Gasteiger partial charge in [0.25, 0.3) is 0 Å². The molecule has 0 spiro atoms. The standard InChI is InChI=1S/C17H26N2O2/c1-3-4-19-16(15(21-2)10-18-19)17(20)13-6-11-5-12(8-13)9-14(17)7-11/h10-14,20H,3-9H2,1-2H3. The van der Waals surface area contributed by atoms with Gasteiger partial charge in [-0.1, -0.05) is 6.92 Å². The van der Waals surface area contributed by atoms with Crippen LogP contribution in [0.3, 0.4) is 0 Å². The predicted octanol–water partition coefficient (Wildman–Crippen LogP) is 2.95. The Balaban J connectivity index is 1.79. The smallest absolute Gasteiger partial charge is 0.162 e. The van der Waals surface area contributed by atoms with Gasteiger partial charge in [-0.05, 0) is 62.2 Å². The second-order valence-electron chi connectivity index (χ2n) is 7.41. The highest BCUT2D eigenvalue weighted by atomic mass is 16.5. The van der Waals surface area contributed by atoms with Gasteiger partial charge in [-0.15, -0.1) is 0 Å². The maximum absolute atomic E-state index is 11.7. The van der Waals surface area contributed by atoms with E-state index in [0.717, 1.165) is 36.2 Å². The van der Waals surface area contributed by atoms with Crippen LogP contribution in [0, 0.1) is 23.7 Å². The van der Waals surface area contributed by atoms with Gasteiger partial charge >= 0.3 is 0 Å². The van der Waals surface area contributed by atoms with Crippen LogP contribution in [0.1, 0.15) is 51.1 Å². The van der Waals surface area contributed by atoms with Gasteiger partial charge in [0.2, 0.25) is 0 Å². The number of nitrogens with zero attached hydrogens (tertiary/aromatic N) is 2. The minimum atomic E-state index is -0.718. The van der Waals surface area contributed by atoms with E-state index in [2.05, 4.69) is 12.0 Å². The van der Waals surface area contributed by atoms with Gasteiger partial charge in [-0.2, -0.15) is 5.10 Å². The molecule has 4 aliphatic rings. The van der Waals surface area contributed by atoms with Gasteiger partial charge in [0.15, 0.2) is 5.75 Å². The Labute approximate surface area is 126 Å². The van der Waals surface area contributed by atoms with E-state index in [4.69, 9.17) is 4.74 Å². The molecular formula is C17H26N2O2. The molecule has 0 amide bonds. The van der Waals surface area contributed by atoms with Crippen molar-refractivity contribution >= 4 is 0 Å². The minimum Gasteiger partial charge on any atom is -0.493 e. The van der Waals surface area contributed by atoms with E-state index >= 15 is 0 Å². The fourth-order valence-electron chi connectivity index (χ4n) is 5.59. The average Bonchev–Trinajstić information content (AvgIpc) is 2.87. The number of aromatic nitrogens is 2. The van der Waals surface area contributed by atoms with Crippen molar-refractivity contribution in [3.05, 3.63) is 11.9 Å². The third-order valence-electron chi connectivity index (χ3n) is 6.22. The molecule has 4 bridgehead atoms. The van der Waals surface area contributed by atoms with Crippen molar-refractivity contribution < 1.29 is 9.84 Å². The monoisotopic (exact) mass is 290 g/mol. The molecule has 21 heavy (non-hydrogen) atoms. The SMILES string of the molecule is CCCn1ncc(OC)c1C1(O)C2CC3CC(C2)CC1C3. The molecule has 4 heteroatoms. The fourth-order valence-corrected chi connectivity index (χ4v) is 5.59. The van der Waals surface area contributed by atoms with Gasteiger partial charge in [0, 0.05) is 6.54 Å². The minimum absolute atomic E-state index is 0.398. The Morgan fingerprint density at radius 1 is 1.24 bits per heavy atom. The quantitative estimate of drug-likeness (QED) is 0.927. The molecule has 4 nitrogen and oxygen atoms in total. The molecule has 0 unspecified atom stereocenters. The van der Waals surface area contributed by atoms with Crippen molar-refractivity contribution in [3.8, 4) is 5.75 Å². The van der Waals surface area contributed by atoms with Gasteiger partial charge in [-0.3, -0.25) is 4.68 Å². The summed E-state index contributed by atoms with van der Waals surface area (Å²) in [5.74, 6) is 3.27. The summed E-state index contributed by atoms with van der Waals surface area (Å²) in [6.07, 6.45) is 8.94. The number of ether oxygens (including phenoxy) is 1. The summed E-state index contributed by atoms with van der Waals surface area (Å²) in [6.45, 7) is 3.01. The van der Waals surface area contributed by atoms with Crippen LogP contribution in [0.2, 0.25) is 0 Å². The molecule has 0 radical (unpaired) electrons. The highest BCUT2D eigenvalue weighted by Crippen LogP contribution is 2.62. The topological polar surface area (TPSA) is 47.3 Å². The maximum Gasteiger partial charge on any atom is 0.162 e. The van der Waals surface area contributed by atoms with Crippen LogP contribution >= 0.6 is 0 Å². The Bertz CT molecular complexity index is 509. The number of aryl methyl sites for hydroxylation is 1. The summed E-state index contributed by atoms with van der Waals surface area (Å²) >= 11 is 0. The third kappa shape index (κ3) is 1.81. The Morgan fingerprint density at radius 3 is 2.38 bits per heavy atom. The number of hydrogen-bond acceptors (Lipinski definition) is 3. The summed E-state index contributed by atoms with van der Waals surface area (Å²) in [4.78, 5) is 0. The zero-order chi connectivity index (χ0) is 14.6. The van der Waals surface area contributed by atoms with Crippen LogP contribution in [-0.4, -0.2) is 22.0 Å². The van der Waals surface area contributed by atoms with Gasteiger partial charge in [-0.25, -0.2) is 0 Å². The second kappa shape index (κ2) is 4.73. The van der Waals surface area contributed by atoms with Crippen molar-refractivity contribution in [1.82, 2.24) is 9.78 Å². The molecule has 5 rings (SSSR count). The van der Waals surface area contributed by atoms with E-state index in [0.29, 0.717) is 11.8 Å². The molecule has 1 heterocycles. The molecular weight excluding hydrogens is 264 g/mol. The van der Waals surface area contributed by atoms with Gasteiger partial charge < -0.3 is 9.84 Å². The molecule has 1 aromatic heterocycles. The summed E-state index contributed by atoms with van der Waals surface area (Å²) in [7, 11) is 1.69. The van der Waals surface area contributed by atoms with Gasteiger partial charge in [0.05, 0.1) is 13.3 Å². The second-order valence-corrected chi connectivity index (χ2v) is 7.41. The lowest BCUT2D eigenvalue weighted by Gasteiger charge is -2.58. The van der Waals surface area contributed by atoms with Crippen molar-refractivity contribution in [2.45, 2.75) is 57.6 Å². The molecule has 116 valence electrons. The van der Waals surface area contributed by atoms with E-state index in [-0.39, 0.29) is 0 Å². The molecule has 4 fully saturated rings. The van der Waals surface area contributed by atoms with E-state index in [1.165, 1.54) is 32.1 Å². The fraction of sp³-hybridized carbons (Fsp3) is 0.824. The predicted molar refractivity (Wildman–Crippen MR) is 80.0 cm³/mol. The molecule has 4 saturated carbocycles. The van der Waals surface area contributed by atoms with Crippen molar-refractivity contribution in [1.29, 1.82) is 0 Å². The zero-order valence-corrected chi connectivity index (χ0v) is 13.1. The highest BCUT2D eigenvalue weighted by molar-refractivity contribution is 5.34. The van der Waals surface area contributed by atoms with Crippen LogP contribution in [0.4, 0.5) is 0 Å². The van der Waals surface area contributed by atoms with Crippen molar-refractivity contribution in [2.75, 3.05) is 7.11 Å². The highest BCUT2D eigenvalue weighted by Gasteiger charge is 2.59. The summed E-state index contributed by atoms with van der Waals surface area (Å²) in [6, 6.07) is 0. The van der Waals surface area contributed by atoms with Crippen LogP contribution in [0.25, 0.3) is 0 Å². The Kier molecular flexibility index (Phi) is 3.07. The lowest BCUT2D eigenvalue weighted by atomic mass is 9.49. The third-order valence-corrected chi connectivity index (χ3v) is 6.22.